The lowest BCUT2D eigenvalue weighted by Crippen LogP contribution is -2.33. The monoisotopic (exact) mass is 470 g/mol. The molecule has 1 aliphatic rings. The van der Waals surface area contributed by atoms with Crippen molar-refractivity contribution in [2.24, 2.45) is 5.92 Å². The largest absolute Gasteiger partial charge is 0.452 e. The second-order valence-electron chi connectivity index (χ2n) is 7.52. The number of aliphatic hydroxyl groups excluding tert-OH is 2. The molecule has 0 saturated heterocycles. The van der Waals surface area contributed by atoms with Crippen molar-refractivity contribution in [3.05, 3.63) is 60.8 Å². The Morgan fingerprint density at radius 1 is 1.19 bits per heavy atom. The summed E-state index contributed by atoms with van der Waals surface area (Å²) in [6, 6.07) is 0. The highest BCUT2D eigenvalue weighted by atomic mass is 32.3. The van der Waals surface area contributed by atoms with Crippen LogP contribution < -0.4 is 0 Å². The molecule has 0 spiro atoms. The molecule has 0 aromatic rings. The van der Waals surface area contributed by atoms with E-state index in [1.54, 1.807) is 19.1 Å². The summed E-state index contributed by atoms with van der Waals surface area (Å²) in [6.07, 6.45) is 16.4. The third-order valence-electron chi connectivity index (χ3n) is 4.83. The zero-order chi connectivity index (χ0) is 24.0. The Kier molecular flexibility index (Phi) is 13.0. The number of hydrogen-bond donors (Lipinski definition) is 3. The lowest BCUT2D eigenvalue weighted by atomic mass is 9.95. The Labute approximate surface area is 190 Å². The van der Waals surface area contributed by atoms with Gasteiger partial charge in [-0.25, -0.2) is 8.98 Å². The van der Waals surface area contributed by atoms with Gasteiger partial charge in [0.15, 0.2) is 0 Å². The van der Waals surface area contributed by atoms with Crippen LogP contribution in [0, 0.1) is 5.92 Å². The van der Waals surface area contributed by atoms with E-state index < -0.39 is 46.7 Å². The molecule has 1 rings (SSSR count). The zero-order valence-corrected chi connectivity index (χ0v) is 19.3. The fourth-order valence-electron chi connectivity index (χ4n) is 2.92. The van der Waals surface area contributed by atoms with Crippen molar-refractivity contribution < 1.29 is 36.9 Å². The molecular formula is C23H34O8S. The number of carbonyl (C=O) groups is 1. The molecule has 0 radical (unpaired) electrons. The number of hydrogen-bond acceptors (Lipinski definition) is 7. The van der Waals surface area contributed by atoms with Crippen LogP contribution >= 0.6 is 0 Å². The first-order valence-electron chi connectivity index (χ1n) is 10.7. The summed E-state index contributed by atoms with van der Waals surface area (Å²) in [4.78, 5) is 11.3. The standard InChI is InChI=1S/C23H34O8S/c1-3-4-5-6-7-8-9-10-11-13-19(24)18(2)21(31-32(27,28)29)14-12-15-22-20(25)16-17-23(26)30-22/h7-13,15-22,24-25H,3-6,14H2,1-2H3,(H,27,28,29)/b8-7+,10-9+,13-11+,15-12+/t18-,19+,20+,21+,22+/m0/s1. The van der Waals surface area contributed by atoms with Gasteiger partial charge < -0.3 is 14.9 Å². The maximum atomic E-state index is 11.3. The molecule has 0 unspecified atom stereocenters. The van der Waals surface area contributed by atoms with Crippen LogP contribution in [0.2, 0.25) is 0 Å². The second-order valence-corrected chi connectivity index (χ2v) is 8.57. The minimum Gasteiger partial charge on any atom is -0.452 e. The van der Waals surface area contributed by atoms with Gasteiger partial charge in [-0.15, -0.1) is 0 Å². The van der Waals surface area contributed by atoms with Gasteiger partial charge in [-0.2, -0.15) is 8.42 Å². The number of esters is 1. The minimum absolute atomic E-state index is 0.0212. The van der Waals surface area contributed by atoms with Gasteiger partial charge in [-0.3, -0.25) is 4.55 Å². The average Bonchev–Trinajstić information content (AvgIpc) is 2.72. The maximum Gasteiger partial charge on any atom is 0.397 e. The van der Waals surface area contributed by atoms with Crippen LogP contribution in [0.4, 0.5) is 0 Å². The molecule has 5 atom stereocenters. The lowest BCUT2D eigenvalue weighted by Gasteiger charge is -2.25. The Bertz CT molecular complexity index is 810. The molecule has 0 aromatic heterocycles. The predicted molar refractivity (Wildman–Crippen MR) is 122 cm³/mol. The summed E-state index contributed by atoms with van der Waals surface area (Å²) < 4.78 is 41.2. The summed E-state index contributed by atoms with van der Waals surface area (Å²) >= 11 is 0. The van der Waals surface area contributed by atoms with Crippen molar-refractivity contribution in [1.82, 2.24) is 0 Å². The summed E-state index contributed by atoms with van der Waals surface area (Å²) in [5, 5.41) is 20.2. The molecule has 1 heterocycles. The Hall–Kier alpha value is -2.04. The van der Waals surface area contributed by atoms with Crippen LogP contribution in [0.3, 0.4) is 0 Å². The molecule has 9 heteroatoms. The van der Waals surface area contributed by atoms with Crippen LogP contribution in [0.1, 0.15) is 46.0 Å². The van der Waals surface area contributed by atoms with E-state index in [0.29, 0.717) is 0 Å². The molecule has 0 aromatic carbocycles. The smallest absolute Gasteiger partial charge is 0.397 e. The predicted octanol–water partition coefficient (Wildman–Crippen LogP) is 3.21. The highest BCUT2D eigenvalue weighted by Crippen LogP contribution is 2.20. The van der Waals surface area contributed by atoms with Crippen molar-refractivity contribution >= 4 is 16.4 Å². The topological polar surface area (TPSA) is 130 Å². The Morgan fingerprint density at radius 3 is 2.59 bits per heavy atom. The molecule has 32 heavy (non-hydrogen) atoms. The van der Waals surface area contributed by atoms with Crippen molar-refractivity contribution in [3.63, 3.8) is 0 Å². The van der Waals surface area contributed by atoms with Gasteiger partial charge in [0.2, 0.25) is 0 Å². The molecule has 0 bridgehead atoms. The molecule has 0 amide bonds. The van der Waals surface area contributed by atoms with Gasteiger partial charge in [0.05, 0.1) is 12.2 Å². The Balaban J connectivity index is 2.67. The molecule has 180 valence electrons. The van der Waals surface area contributed by atoms with Gasteiger partial charge in [0.25, 0.3) is 0 Å². The number of carbonyl (C=O) groups excluding carboxylic acids is 1. The van der Waals surface area contributed by atoms with Crippen LogP contribution in [-0.4, -0.2) is 53.6 Å². The highest BCUT2D eigenvalue weighted by Gasteiger charge is 2.28. The third-order valence-corrected chi connectivity index (χ3v) is 5.33. The van der Waals surface area contributed by atoms with E-state index in [0.717, 1.165) is 18.9 Å². The summed E-state index contributed by atoms with van der Waals surface area (Å²) in [7, 11) is -4.76. The first-order chi connectivity index (χ1) is 15.1. The van der Waals surface area contributed by atoms with Crippen molar-refractivity contribution in [3.8, 4) is 0 Å². The molecular weight excluding hydrogens is 436 g/mol. The average molecular weight is 471 g/mol. The number of allylic oxidation sites excluding steroid dienone is 5. The molecule has 0 saturated carbocycles. The van der Waals surface area contributed by atoms with Crippen LogP contribution in [0.25, 0.3) is 0 Å². The molecule has 3 N–H and O–H groups in total. The van der Waals surface area contributed by atoms with E-state index in [1.807, 2.05) is 12.2 Å². The van der Waals surface area contributed by atoms with Gasteiger partial charge in [-0.05, 0) is 31.4 Å². The van der Waals surface area contributed by atoms with Crippen molar-refractivity contribution in [1.29, 1.82) is 0 Å². The van der Waals surface area contributed by atoms with Gasteiger partial charge in [0.1, 0.15) is 12.2 Å². The summed E-state index contributed by atoms with van der Waals surface area (Å²) in [5.41, 5.74) is 0. The van der Waals surface area contributed by atoms with Gasteiger partial charge >= 0.3 is 16.4 Å². The van der Waals surface area contributed by atoms with E-state index in [2.05, 4.69) is 13.0 Å². The zero-order valence-electron chi connectivity index (χ0n) is 18.5. The van der Waals surface area contributed by atoms with E-state index in [-0.39, 0.29) is 6.42 Å². The van der Waals surface area contributed by atoms with Gasteiger partial charge in [-0.1, -0.05) is 69.2 Å². The molecule has 0 fully saturated rings. The Morgan fingerprint density at radius 2 is 1.91 bits per heavy atom. The highest BCUT2D eigenvalue weighted by molar-refractivity contribution is 7.80. The van der Waals surface area contributed by atoms with Crippen LogP contribution in [0.15, 0.2) is 60.8 Å². The van der Waals surface area contributed by atoms with E-state index in [4.69, 9.17) is 13.5 Å². The third kappa shape index (κ3) is 12.1. The van der Waals surface area contributed by atoms with Crippen LogP contribution in [-0.2, 0) is 24.1 Å². The van der Waals surface area contributed by atoms with Crippen LogP contribution in [0.5, 0.6) is 0 Å². The lowest BCUT2D eigenvalue weighted by molar-refractivity contribution is -0.146. The fraction of sp³-hybridized carbons (Fsp3) is 0.522. The first-order valence-corrected chi connectivity index (χ1v) is 12.1. The fourth-order valence-corrected chi connectivity index (χ4v) is 3.48. The first kappa shape index (κ1) is 28.0. The quantitative estimate of drug-likeness (QED) is 0.116. The number of rotatable bonds is 14. The van der Waals surface area contributed by atoms with E-state index >= 15 is 0 Å². The molecule has 8 nitrogen and oxygen atoms in total. The number of aliphatic hydroxyl groups is 2. The normalized spacial score (nSPS) is 22.8. The summed E-state index contributed by atoms with van der Waals surface area (Å²) in [6.45, 7) is 3.73. The molecule has 1 aliphatic heterocycles. The van der Waals surface area contributed by atoms with E-state index in [1.165, 1.54) is 37.1 Å². The second kappa shape index (κ2) is 14.9. The van der Waals surface area contributed by atoms with Gasteiger partial charge in [0, 0.05) is 12.0 Å². The van der Waals surface area contributed by atoms with Crippen molar-refractivity contribution in [2.75, 3.05) is 0 Å². The SMILES string of the molecule is CCCCC/C=C/C=C/C=C/[C@@H](O)[C@H](C)[C@@H](C/C=C/[C@H]1OC(=O)C=C[C@H]1O)OS(=O)(=O)O. The number of ether oxygens (including phenoxy) is 1. The molecule has 0 aliphatic carbocycles. The number of cyclic esters (lactones) is 1. The minimum atomic E-state index is -4.76. The van der Waals surface area contributed by atoms with E-state index in [9.17, 15) is 23.4 Å². The summed E-state index contributed by atoms with van der Waals surface area (Å²) in [5.74, 6) is -1.30. The maximum absolute atomic E-state index is 11.3. The van der Waals surface area contributed by atoms with Crippen molar-refractivity contribution in [2.45, 2.75) is 70.4 Å². The number of unbranched alkanes of at least 4 members (excludes halogenated alkanes) is 3.